The van der Waals surface area contributed by atoms with Crippen molar-refractivity contribution in [1.29, 1.82) is 0 Å². The fourth-order valence-electron chi connectivity index (χ4n) is 1.31. The number of hydrogen-bond acceptors (Lipinski definition) is 2. The lowest BCUT2D eigenvalue weighted by molar-refractivity contribution is -0.118. The van der Waals surface area contributed by atoms with Gasteiger partial charge in [-0.1, -0.05) is 37.6 Å². The van der Waals surface area contributed by atoms with Crippen LogP contribution < -0.4 is 5.32 Å². The number of Topliss-reactive ketones (excluding diaryl/α,β-unsaturated/α-hetero) is 1. The lowest BCUT2D eigenvalue weighted by Gasteiger charge is -2.12. The Morgan fingerprint density at radius 2 is 1.81 bits per heavy atom. The Balaban J connectivity index is 0.00000106. The third kappa shape index (κ3) is 5.29. The second kappa shape index (κ2) is 8.31. The Kier molecular flexibility index (Phi) is 7.86. The number of likely N-dealkylation sites (N-methyl/N-ethyl adjacent to an activating group) is 1. The second-order valence-corrected chi connectivity index (χ2v) is 3.72. The van der Waals surface area contributed by atoms with E-state index in [2.05, 4.69) is 5.32 Å². The molecule has 0 heterocycles. The lowest BCUT2D eigenvalue weighted by atomic mass is 10.0. The molecule has 0 saturated carbocycles. The Hall–Kier alpha value is -0.860. The average molecular weight is 242 g/mol. The fraction of sp³-hybridized carbons (Fsp3) is 0.462. The maximum Gasteiger partial charge on any atom is 0.147 e. The topological polar surface area (TPSA) is 29.1 Å². The van der Waals surface area contributed by atoms with Crippen LogP contribution in [0.2, 0.25) is 5.02 Å². The molecule has 16 heavy (non-hydrogen) atoms. The lowest BCUT2D eigenvalue weighted by Crippen LogP contribution is -2.34. The van der Waals surface area contributed by atoms with Crippen molar-refractivity contribution in [2.75, 3.05) is 7.05 Å². The van der Waals surface area contributed by atoms with Gasteiger partial charge in [-0.15, -0.1) is 0 Å². The summed E-state index contributed by atoms with van der Waals surface area (Å²) in [6.45, 7) is 5.59. The standard InChI is InChI=1S/C11H14ClNO.C2H6/c1-8(14)11(13-2)7-9-3-5-10(12)6-4-9;1-2/h3-6,11,13H,7H2,1-2H3;1-2H3. The maximum absolute atomic E-state index is 11.2. The zero-order chi connectivity index (χ0) is 12.6. The van der Waals surface area contributed by atoms with Crippen LogP contribution in [0.3, 0.4) is 0 Å². The molecule has 0 amide bonds. The fourth-order valence-corrected chi connectivity index (χ4v) is 1.43. The molecule has 3 heteroatoms. The molecule has 1 N–H and O–H groups in total. The molecule has 0 fully saturated rings. The van der Waals surface area contributed by atoms with Crippen LogP contribution in [-0.2, 0) is 11.2 Å². The number of ketones is 1. The van der Waals surface area contributed by atoms with Crippen LogP contribution in [0.5, 0.6) is 0 Å². The molecule has 0 spiro atoms. The van der Waals surface area contributed by atoms with Crippen molar-refractivity contribution in [3.05, 3.63) is 34.9 Å². The Morgan fingerprint density at radius 3 is 2.19 bits per heavy atom. The van der Waals surface area contributed by atoms with E-state index in [1.165, 1.54) is 0 Å². The van der Waals surface area contributed by atoms with E-state index in [0.29, 0.717) is 6.42 Å². The van der Waals surface area contributed by atoms with E-state index >= 15 is 0 Å². The molecule has 0 aliphatic rings. The van der Waals surface area contributed by atoms with E-state index in [9.17, 15) is 4.79 Å². The zero-order valence-corrected chi connectivity index (χ0v) is 11.1. The third-order valence-electron chi connectivity index (χ3n) is 2.19. The molecule has 0 aliphatic carbocycles. The first-order valence-corrected chi connectivity index (χ1v) is 5.93. The number of carbonyl (C=O) groups excluding carboxylic acids is 1. The molecule has 2 nitrogen and oxygen atoms in total. The van der Waals surface area contributed by atoms with Gasteiger partial charge < -0.3 is 5.32 Å². The summed E-state index contributed by atoms with van der Waals surface area (Å²) >= 11 is 5.76. The Bertz CT molecular complexity index is 308. The van der Waals surface area contributed by atoms with Crippen LogP contribution in [0.15, 0.2) is 24.3 Å². The average Bonchev–Trinajstić information content (AvgIpc) is 2.30. The molecule has 1 aromatic carbocycles. The van der Waals surface area contributed by atoms with Crippen molar-refractivity contribution in [3.63, 3.8) is 0 Å². The first-order valence-electron chi connectivity index (χ1n) is 5.55. The smallest absolute Gasteiger partial charge is 0.147 e. The van der Waals surface area contributed by atoms with E-state index in [0.717, 1.165) is 10.6 Å². The maximum atomic E-state index is 11.2. The van der Waals surface area contributed by atoms with Crippen molar-refractivity contribution in [2.45, 2.75) is 33.2 Å². The normalized spacial score (nSPS) is 11.3. The van der Waals surface area contributed by atoms with Crippen LogP contribution in [0, 0.1) is 0 Å². The second-order valence-electron chi connectivity index (χ2n) is 3.28. The van der Waals surface area contributed by atoms with Crippen LogP contribution in [0.4, 0.5) is 0 Å². The van der Waals surface area contributed by atoms with E-state index in [1.807, 2.05) is 38.1 Å². The summed E-state index contributed by atoms with van der Waals surface area (Å²) in [6.07, 6.45) is 0.711. The predicted octanol–water partition coefficient (Wildman–Crippen LogP) is 3.09. The van der Waals surface area contributed by atoms with Crippen molar-refractivity contribution >= 4 is 17.4 Å². The van der Waals surface area contributed by atoms with Gasteiger partial charge >= 0.3 is 0 Å². The number of rotatable bonds is 4. The van der Waals surface area contributed by atoms with Crippen molar-refractivity contribution in [2.24, 2.45) is 0 Å². The van der Waals surface area contributed by atoms with Gasteiger partial charge in [0.25, 0.3) is 0 Å². The highest BCUT2D eigenvalue weighted by molar-refractivity contribution is 6.30. The molecule has 0 bridgehead atoms. The largest absolute Gasteiger partial charge is 0.310 e. The molecule has 1 rings (SSSR count). The summed E-state index contributed by atoms with van der Waals surface area (Å²) < 4.78 is 0. The minimum absolute atomic E-state index is 0.101. The van der Waals surface area contributed by atoms with Crippen LogP contribution in [0.25, 0.3) is 0 Å². The van der Waals surface area contributed by atoms with Gasteiger partial charge in [0.1, 0.15) is 5.78 Å². The molecule has 90 valence electrons. The minimum Gasteiger partial charge on any atom is -0.310 e. The van der Waals surface area contributed by atoms with E-state index in [1.54, 1.807) is 14.0 Å². The van der Waals surface area contributed by atoms with Gasteiger partial charge in [-0.25, -0.2) is 0 Å². The highest BCUT2D eigenvalue weighted by Crippen LogP contribution is 2.11. The number of carbonyl (C=O) groups is 1. The zero-order valence-electron chi connectivity index (χ0n) is 10.4. The van der Waals surface area contributed by atoms with Crippen molar-refractivity contribution < 1.29 is 4.79 Å². The van der Waals surface area contributed by atoms with Gasteiger partial charge in [-0.2, -0.15) is 0 Å². The Morgan fingerprint density at radius 1 is 1.31 bits per heavy atom. The number of benzene rings is 1. The highest BCUT2D eigenvalue weighted by Gasteiger charge is 2.11. The molecular formula is C13H20ClNO. The van der Waals surface area contributed by atoms with E-state index < -0.39 is 0 Å². The van der Waals surface area contributed by atoms with Gasteiger partial charge in [0.15, 0.2) is 0 Å². The molecule has 0 aliphatic heterocycles. The van der Waals surface area contributed by atoms with Gasteiger partial charge in [0, 0.05) is 5.02 Å². The summed E-state index contributed by atoms with van der Waals surface area (Å²) in [7, 11) is 1.79. The Labute approximate surface area is 103 Å². The molecule has 1 atom stereocenters. The summed E-state index contributed by atoms with van der Waals surface area (Å²) in [5.74, 6) is 0.155. The summed E-state index contributed by atoms with van der Waals surface area (Å²) in [5, 5.41) is 3.70. The predicted molar refractivity (Wildman–Crippen MR) is 70.0 cm³/mol. The monoisotopic (exact) mass is 241 g/mol. The van der Waals surface area contributed by atoms with E-state index in [-0.39, 0.29) is 11.8 Å². The molecule has 0 radical (unpaired) electrons. The van der Waals surface area contributed by atoms with Crippen molar-refractivity contribution in [3.8, 4) is 0 Å². The van der Waals surface area contributed by atoms with E-state index in [4.69, 9.17) is 11.6 Å². The van der Waals surface area contributed by atoms with Gasteiger partial charge in [-0.3, -0.25) is 4.79 Å². The molecule has 0 aromatic heterocycles. The van der Waals surface area contributed by atoms with Crippen LogP contribution in [0.1, 0.15) is 26.3 Å². The first-order chi connectivity index (χ1) is 7.63. The SMILES string of the molecule is CC.CNC(Cc1ccc(Cl)cc1)C(C)=O. The number of nitrogens with one attached hydrogen (secondary N) is 1. The summed E-state index contributed by atoms with van der Waals surface area (Å²) in [5.41, 5.74) is 1.11. The van der Waals surface area contributed by atoms with Crippen LogP contribution in [-0.4, -0.2) is 18.9 Å². The highest BCUT2D eigenvalue weighted by atomic mass is 35.5. The molecular weight excluding hydrogens is 222 g/mol. The van der Waals surface area contributed by atoms with Gasteiger partial charge in [0.2, 0.25) is 0 Å². The summed E-state index contributed by atoms with van der Waals surface area (Å²) in [4.78, 5) is 11.2. The number of hydrogen-bond donors (Lipinski definition) is 1. The third-order valence-corrected chi connectivity index (χ3v) is 2.44. The van der Waals surface area contributed by atoms with Crippen LogP contribution >= 0.6 is 11.6 Å². The number of halogens is 1. The molecule has 0 saturated heterocycles. The molecule has 1 unspecified atom stereocenters. The minimum atomic E-state index is -0.101. The molecule has 1 aromatic rings. The van der Waals surface area contributed by atoms with Gasteiger partial charge in [-0.05, 0) is 38.1 Å². The first kappa shape index (κ1) is 15.1. The van der Waals surface area contributed by atoms with Gasteiger partial charge in [0.05, 0.1) is 6.04 Å². The quantitative estimate of drug-likeness (QED) is 0.878. The van der Waals surface area contributed by atoms with Crippen molar-refractivity contribution in [1.82, 2.24) is 5.32 Å². The summed E-state index contributed by atoms with van der Waals surface area (Å²) in [6, 6.07) is 7.45.